The number of fused-ring (bicyclic) bond motifs is 2. The van der Waals surface area contributed by atoms with Crippen LogP contribution in [0.4, 0.5) is 14.5 Å². The number of anilines is 1. The Balaban J connectivity index is 0.00000137. The van der Waals surface area contributed by atoms with Crippen LogP contribution in [0.25, 0.3) is 22.3 Å². The van der Waals surface area contributed by atoms with Gasteiger partial charge in [-0.2, -0.15) is 5.26 Å². The minimum atomic E-state index is -0.741. The fourth-order valence-corrected chi connectivity index (χ4v) is 4.88. The van der Waals surface area contributed by atoms with Crippen LogP contribution in [0, 0.1) is 23.0 Å². The first-order valence-electron chi connectivity index (χ1n) is 12.4. The van der Waals surface area contributed by atoms with Crippen LogP contribution in [-0.2, 0) is 14.2 Å². The maximum Gasteiger partial charge on any atom is 0.212 e. The Kier molecular flexibility index (Phi) is 7.26. The average molecular weight is 515 g/mol. The van der Waals surface area contributed by atoms with Gasteiger partial charge in [0, 0.05) is 18.8 Å². The van der Waals surface area contributed by atoms with Crippen LogP contribution >= 0.6 is 0 Å². The van der Waals surface area contributed by atoms with Crippen molar-refractivity contribution in [2.24, 2.45) is 0 Å². The van der Waals surface area contributed by atoms with E-state index in [9.17, 15) is 10.4 Å². The first-order valence-corrected chi connectivity index (χ1v) is 12.4. The van der Waals surface area contributed by atoms with Gasteiger partial charge in [0.2, 0.25) is 5.88 Å². The van der Waals surface area contributed by atoms with Crippen molar-refractivity contribution in [1.29, 1.82) is 5.26 Å². The van der Waals surface area contributed by atoms with Crippen LogP contribution < -0.4 is 9.64 Å². The number of pyridine rings is 1. The van der Waals surface area contributed by atoms with E-state index in [1.165, 1.54) is 18.2 Å². The number of hydrogen-bond donors (Lipinski definition) is 2. The molecule has 3 fully saturated rings. The number of morpholine rings is 1. The van der Waals surface area contributed by atoms with E-state index in [4.69, 9.17) is 18.9 Å². The van der Waals surface area contributed by atoms with Gasteiger partial charge in [-0.15, -0.1) is 0 Å². The summed E-state index contributed by atoms with van der Waals surface area (Å²) in [5.74, 6) is -1.32. The van der Waals surface area contributed by atoms with Crippen LogP contribution in [0.5, 0.6) is 5.88 Å². The van der Waals surface area contributed by atoms with Gasteiger partial charge in [0.1, 0.15) is 47.1 Å². The minimum absolute atomic E-state index is 0.0644. The largest absolute Gasteiger partial charge is 0.469 e. The molecule has 11 heteroatoms. The number of nitrogens with zero attached hydrogens (tertiary/aromatic N) is 3. The van der Waals surface area contributed by atoms with E-state index in [0.29, 0.717) is 37.5 Å². The van der Waals surface area contributed by atoms with Crippen molar-refractivity contribution in [3.05, 3.63) is 41.5 Å². The number of H-pyrrole nitrogens is 1. The van der Waals surface area contributed by atoms with Crippen molar-refractivity contribution >= 4 is 16.7 Å². The molecule has 6 rings (SSSR count). The van der Waals surface area contributed by atoms with Gasteiger partial charge in [-0.3, -0.25) is 0 Å². The van der Waals surface area contributed by atoms with Crippen molar-refractivity contribution in [2.75, 3.05) is 44.4 Å². The first kappa shape index (κ1) is 25.4. The second-order valence-electron chi connectivity index (χ2n) is 8.74. The molecule has 3 aromatic rings. The summed E-state index contributed by atoms with van der Waals surface area (Å²) >= 11 is 0. The van der Waals surface area contributed by atoms with Crippen LogP contribution in [0.15, 0.2) is 24.3 Å². The Bertz CT molecular complexity index is 1300. The standard InChI is InChI=1S/C24H22F2N4O5.C2H6/c25-14-7-12(30-3-5-32-6-4-30)8-15(26)20(14)16-1-2-17-21(28-16)13(9-27)24(29-17)35-19-11-34-22-18(31)10-33-23(19)22;1-2/h1-2,7-8,18-19,22-23,29,31H,3-6,10-11H2;1-2H3/t18-,19-,22?,23-;/m1./s1. The summed E-state index contributed by atoms with van der Waals surface area (Å²) in [4.78, 5) is 9.28. The van der Waals surface area contributed by atoms with E-state index in [1.54, 1.807) is 6.07 Å². The fourth-order valence-electron chi connectivity index (χ4n) is 4.88. The Morgan fingerprint density at radius 1 is 1.11 bits per heavy atom. The van der Waals surface area contributed by atoms with Gasteiger partial charge in [0.15, 0.2) is 6.10 Å². The van der Waals surface area contributed by atoms with Gasteiger partial charge in [0.05, 0.1) is 43.2 Å². The molecule has 0 amide bonds. The van der Waals surface area contributed by atoms with E-state index >= 15 is 8.78 Å². The van der Waals surface area contributed by atoms with E-state index < -0.39 is 36.1 Å². The monoisotopic (exact) mass is 514 g/mol. The summed E-state index contributed by atoms with van der Waals surface area (Å²) in [7, 11) is 0. The lowest BCUT2D eigenvalue weighted by atomic mass is 10.1. The topological polar surface area (TPSA) is 113 Å². The second-order valence-corrected chi connectivity index (χ2v) is 8.74. The summed E-state index contributed by atoms with van der Waals surface area (Å²) in [6.45, 7) is 6.45. The smallest absolute Gasteiger partial charge is 0.212 e. The number of nitrogens with one attached hydrogen (secondary N) is 1. The number of halogens is 2. The van der Waals surface area contributed by atoms with Crippen molar-refractivity contribution < 1.29 is 32.8 Å². The molecule has 9 nitrogen and oxygen atoms in total. The molecule has 37 heavy (non-hydrogen) atoms. The van der Waals surface area contributed by atoms with Crippen LogP contribution in [0.3, 0.4) is 0 Å². The number of rotatable bonds is 4. The molecule has 0 radical (unpaired) electrons. The van der Waals surface area contributed by atoms with E-state index in [1.807, 2.05) is 18.7 Å². The molecule has 5 heterocycles. The van der Waals surface area contributed by atoms with Crippen LogP contribution in [0.2, 0.25) is 0 Å². The average Bonchev–Trinajstić information content (AvgIpc) is 3.60. The molecule has 1 unspecified atom stereocenters. The van der Waals surface area contributed by atoms with Gasteiger partial charge >= 0.3 is 0 Å². The predicted octanol–water partition coefficient (Wildman–Crippen LogP) is 3.15. The Hall–Kier alpha value is -3.30. The lowest BCUT2D eigenvalue weighted by molar-refractivity contribution is 0.00789. The van der Waals surface area contributed by atoms with Gasteiger partial charge in [-0.25, -0.2) is 13.8 Å². The summed E-state index contributed by atoms with van der Waals surface area (Å²) in [5.41, 5.74) is 1.06. The molecule has 0 bridgehead atoms. The number of benzene rings is 1. The van der Waals surface area contributed by atoms with Gasteiger partial charge < -0.3 is 33.9 Å². The molecule has 2 N–H and O–H groups in total. The normalized spacial score (nSPS) is 24.9. The van der Waals surface area contributed by atoms with Crippen LogP contribution in [0.1, 0.15) is 19.4 Å². The number of aromatic amines is 1. The number of aromatic nitrogens is 2. The first-order chi connectivity index (χ1) is 18.0. The second kappa shape index (κ2) is 10.6. The van der Waals surface area contributed by atoms with Gasteiger partial charge in [-0.1, -0.05) is 13.8 Å². The zero-order chi connectivity index (χ0) is 26.1. The molecule has 3 aliphatic rings. The molecular weight excluding hydrogens is 486 g/mol. The fraction of sp³-hybridized carbons (Fsp3) is 0.462. The van der Waals surface area contributed by atoms with Crippen LogP contribution in [-0.4, -0.2) is 79.0 Å². The zero-order valence-electron chi connectivity index (χ0n) is 20.5. The molecule has 2 aromatic heterocycles. The summed E-state index contributed by atoms with van der Waals surface area (Å²) in [5, 5.41) is 19.7. The quantitative estimate of drug-likeness (QED) is 0.546. The maximum absolute atomic E-state index is 15.1. The maximum atomic E-state index is 15.1. The Morgan fingerprint density at radius 3 is 2.51 bits per heavy atom. The molecular formula is C26H28F2N4O5. The third-order valence-electron chi connectivity index (χ3n) is 6.63. The third kappa shape index (κ3) is 4.62. The van der Waals surface area contributed by atoms with E-state index in [-0.39, 0.29) is 41.4 Å². The number of aliphatic hydroxyl groups excluding tert-OH is 1. The molecule has 0 aliphatic carbocycles. The van der Waals surface area contributed by atoms with Crippen molar-refractivity contribution in [1.82, 2.24) is 9.97 Å². The molecule has 1 aromatic carbocycles. The molecule has 196 valence electrons. The number of ether oxygens (including phenoxy) is 4. The Labute approximate surface area is 212 Å². The highest BCUT2D eigenvalue weighted by molar-refractivity contribution is 5.87. The molecule has 3 aliphatic heterocycles. The van der Waals surface area contributed by atoms with Crippen molar-refractivity contribution in [3.8, 4) is 23.2 Å². The minimum Gasteiger partial charge on any atom is -0.469 e. The number of nitriles is 1. The molecule has 3 saturated heterocycles. The summed E-state index contributed by atoms with van der Waals surface area (Å²) in [6.07, 6.45) is -2.19. The summed E-state index contributed by atoms with van der Waals surface area (Å²) in [6, 6.07) is 7.74. The highest BCUT2D eigenvalue weighted by atomic mass is 19.1. The number of hydrogen-bond acceptors (Lipinski definition) is 8. The highest BCUT2D eigenvalue weighted by Crippen LogP contribution is 2.35. The molecule has 0 spiro atoms. The summed E-state index contributed by atoms with van der Waals surface area (Å²) < 4.78 is 52.6. The Morgan fingerprint density at radius 2 is 1.81 bits per heavy atom. The zero-order valence-corrected chi connectivity index (χ0v) is 20.5. The van der Waals surface area contributed by atoms with E-state index in [0.717, 1.165) is 0 Å². The lowest BCUT2D eigenvalue weighted by Gasteiger charge is -2.29. The predicted molar refractivity (Wildman–Crippen MR) is 130 cm³/mol. The molecule has 4 atom stereocenters. The lowest BCUT2D eigenvalue weighted by Crippen LogP contribution is -2.36. The van der Waals surface area contributed by atoms with Crippen molar-refractivity contribution in [2.45, 2.75) is 38.3 Å². The van der Waals surface area contributed by atoms with Gasteiger partial charge in [0.25, 0.3) is 0 Å². The van der Waals surface area contributed by atoms with E-state index in [2.05, 4.69) is 16.0 Å². The van der Waals surface area contributed by atoms with Crippen molar-refractivity contribution in [3.63, 3.8) is 0 Å². The highest BCUT2D eigenvalue weighted by Gasteiger charge is 2.48. The number of aliphatic hydroxyl groups is 1. The molecule has 0 saturated carbocycles. The van der Waals surface area contributed by atoms with Gasteiger partial charge in [-0.05, 0) is 24.3 Å². The SMILES string of the molecule is CC.N#Cc1c(O[C@@H]2COC3[C@H](O)CO[C@@H]32)[nH]c2ccc(-c3c(F)cc(N4CCOCC4)cc3F)nc12. The third-order valence-corrected chi connectivity index (χ3v) is 6.63.